The summed E-state index contributed by atoms with van der Waals surface area (Å²) in [7, 11) is 1.52. The maximum atomic E-state index is 13.1. The molecule has 0 saturated carbocycles. The van der Waals surface area contributed by atoms with Gasteiger partial charge in [0, 0.05) is 29.2 Å². The minimum atomic E-state index is -0.576. The third-order valence-electron chi connectivity index (χ3n) is 5.29. The minimum absolute atomic E-state index is 0.0589. The highest BCUT2D eigenvalue weighted by Gasteiger charge is 2.23. The highest BCUT2D eigenvalue weighted by atomic mass is 35.5. The van der Waals surface area contributed by atoms with E-state index in [0.29, 0.717) is 22.4 Å². The molecule has 0 bridgehead atoms. The molecule has 0 amide bonds. The molecule has 2 aromatic carbocycles. The molecular weight excluding hydrogens is 477 g/mol. The molecule has 0 aliphatic rings. The van der Waals surface area contributed by atoms with Gasteiger partial charge in [0.15, 0.2) is 11.5 Å². The van der Waals surface area contributed by atoms with Crippen LogP contribution in [0.3, 0.4) is 0 Å². The summed E-state index contributed by atoms with van der Waals surface area (Å²) in [6, 6.07) is 15.1. The maximum Gasteiger partial charge on any atom is 0.283 e. The first-order valence-corrected chi connectivity index (χ1v) is 10.9. The van der Waals surface area contributed by atoms with Gasteiger partial charge in [-0.25, -0.2) is 4.98 Å². The van der Waals surface area contributed by atoms with Crippen LogP contribution < -0.4 is 15.2 Å². The number of methoxy groups -OCH3 is 1. The van der Waals surface area contributed by atoms with E-state index in [-0.39, 0.29) is 28.0 Å². The molecular formula is C24H17Cl2N5O3. The van der Waals surface area contributed by atoms with Gasteiger partial charge >= 0.3 is 0 Å². The van der Waals surface area contributed by atoms with Crippen LogP contribution in [0.4, 0.5) is 5.82 Å². The molecule has 34 heavy (non-hydrogen) atoms. The van der Waals surface area contributed by atoms with Crippen molar-refractivity contribution in [3.8, 4) is 11.5 Å². The average Bonchev–Trinajstić information content (AvgIpc) is 3.17. The summed E-state index contributed by atoms with van der Waals surface area (Å²) in [6.07, 6.45) is 2.66. The fraction of sp³-hybridized carbons (Fsp3) is 0.0833. The number of halogens is 2. The van der Waals surface area contributed by atoms with Crippen LogP contribution >= 0.6 is 23.2 Å². The summed E-state index contributed by atoms with van der Waals surface area (Å²) in [5.41, 5.74) is 8.41. The molecule has 5 rings (SSSR count). The Morgan fingerprint density at radius 3 is 2.56 bits per heavy atom. The molecule has 3 heterocycles. The second-order valence-electron chi connectivity index (χ2n) is 7.38. The van der Waals surface area contributed by atoms with Crippen molar-refractivity contribution in [3.05, 3.63) is 82.2 Å². The Hall–Kier alpha value is -3.88. The number of ether oxygens (including phenoxy) is 2. The van der Waals surface area contributed by atoms with E-state index in [9.17, 15) is 4.79 Å². The second kappa shape index (κ2) is 8.81. The number of nitrogens with two attached hydrogens (primary N) is 1. The van der Waals surface area contributed by atoms with Gasteiger partial charge in [-0.3, -0.25) is 9.78 Å². The average molecular weight is 494 g/mol. The van der Waals surface area contributed by atoms with E-state index in [2.05, 4.69) is 15.1 Å². The van der Waals surface area contributed by atoms with E-state index in [1.165, 1.54) is 19.5 Å². The molecule has 0 saturated heterocycles. The van der Waals surface area contributed by atoms with Gasteiger partial charge in [-0.15, -0.1) is 0 Å². The molecule has 5 aromatic rings. The fourth-order valence-corrected chi connectivity index (χ4v) is 4.13. The number of nitrogens with zero attached hydrogens (tertiary/aromatic N) is 4. The normalized spacial score (nSPS) is 11.1. The molecule has 0 aliphatic carbocycles. The van der Waals surface area contributed by atoms with Gasteiger partial charge in [0.05, 0.1) is 39.4 Å². The highest BCUT2D eigenvalue weighted by molar-refractivity contribution is 6.39. The zero-order valence-electron chi connectivity index (χ0n) is 17.8. The van der Waals surface area contributed by atoms with E-state index in [1.807, 2.05) is 36.4 Å². The minimum Gasteiger partial charge on any atom is -0.493 e. The molecule has 2 N–H and O–H groups in total. The molecule has 0 spiro atoms. The molecule has 0 fully saturated rings. The van der Waals surface area contributed by atoms with Crippen LogP contribution in [0.1, 0.15) is 16.1 Å². The molecule has 3 aromatic heterocycles. The third-order valence-corrected chi connectivity index (χ3v) is 5.86. The number of carbonyl (C=O) groups is 1. The number of rotatable bonds is 5. The van der Waals surface area contributed by atoms with Gasteiger partial charge in [0.2, 0.25) is 0 Å². The van der Waals surface area contributed by atoms with Crippen LogP contribution in [0.5, 0.6) is 11.5 Å². The van der Waals surface area contributed by atoms with Gasteiger partial charge in [0.1, 0.15) is 12.4 Å². The number of anilines is 1. The van der Waals surface area contributed by atoms with E-state index < -0.39 is 5.91 Å². The largest absolute Gasteiger partial charge is 0.493 e. The van der Waals surface area contributed by atoms with Crippen molar-refractivity contribution >= 4 is 56.7 Å². The van der Waals surface area contributed by atoms with Crippen molar-refractivity contribution in [3.63, 3.8) is 0 Å². The van der Waals surface area contributed by atoms with Crippen LogP contribution in [-0.4, -0.2) is 32.8 Å². The topological polar surface area (TPSA) is 105 Å². The van der Waals surface area contributed by atoms with Crippen LogP contribution in [0, 0.1) is 0 Å². The Morgan fingerprint density at radius 2 is 1.79 bits per heavy atom. The van der Waals surface area contributed by atoms with E-state index >= 15 is 0 Å². The zero-order valence-corrected chi connectivity index (χ0v) is 19.3. The first-order valence-electron chi connectivity index (χ1n) is 10.1. The van der Waals surface area contributed by atoms with Crippen molar-refractivity contribution < 1.29 is 14.3 Å². The number of nitrogen functional groups attached to an aromatic ring is 1. The maximum absolute atomic E-state index is 13.1. The van der Waals surface area contributed by atoms with Crippen LogP contribution in [0.2, 0.25) is 10.0 Å². The summed E-state index contributed by atoms with van der Waals surface area (Å²) in [5, 5.41) is 6.08. The Kier molecular flexibility index (Phi) is 5.69. The van der Waals surface area contributed by atoms with Crippen LogP contribution in [0.15, 0.2) is 60.9 Å². The van der Waals surface area contributed by atoms with Gasteiger partial charge in [-0.05, 0) is 18.2 Å². The van der Waals surface area contributed by atoms with E-state index in [4.69, 9.17) is 38.4 Å². The number of hydrogen-bond acceptors (Lipinski definition) is 7. The van der Waals surface area contributed by atoms with Crippen molar-refractivity contribution in [1.82, 2.24) is 19.7 Å². The number of pyridine rings is 2. The van der Waals surface area contributed by atoms with Gasteiger partial charge in [0.25, 0.3) is 5.91 Å². The number of para-hydroxylation sites is 1. The Labute approximate surface area is 203 Å². The predicted molar refractivity (Wildman–Crippen MR) is 131 cm³/mol. The lowest BCUT2D eigenvalue weighted by Gasteiger charge is -2.11. The summed E-state index contributed by atoms with van der Waals surface area (Å²) in [5.74, 6) is 0.405. The van der Waals surface area contributed by atoms with Crippen LogP contribution in [-0.2, 0) is 6.61 Å². The Bertz CT molecular complexity index is 1550. The summed E-state index contributed by atoms with van der Waals surface area (Å²) < 4.78 is 12.5. The molecule has 8 nitrogen and oxygen atoms in total. The first kappa shape index (κ1) is 21.9. The lowest BCUT2D eigenvalue weighted by molar-refractivity contribution is 0.0949. The van der Waals surface area contributed by atoms with Gasteiger partial charge < -0.3 is 15.2 Å². The fourth-order valence-electron chi connectivity index (χ4n) is 3.60. The summed E-state index contributed by atoms with van der Waals surface area (Å²) in [6.45, 7) is 0.210. The number of fused-ring (bicyclic) bond motifs is 2. The third kappa shape index (κ3) is 3.87. The molecule has 0 radical (unpaired) electrons. The Morgan fingerprint density at radius 1 is 1.03 bits per heavy atom. The number of carbonyl (C=O) groups excluding carboxylic acids is 1. The SMILES string of the molecule is COc1cc2nn(C(=O)c3c(Cl)cncc3Cl)c(N)c2cc1OCc1ccc2ccccc2n1. The van der Waals surface area contributed by atoms with E-state index in [1.54, 1.807) is 12.1 Å². The molecule has 0 atom stereocenters. The lowest BCUT2D eigenvalue weighted by Crippen LogP contribution is -2.17. The lowest BCUT2D eigenvalue weighted by atomic mass is 10.2. The van der Waals surface area contributed by atoms with Crippen molar-refractivity contribution in [1.29, 1.82) is 0 Å². The standard InChI is InChI=1S/C24H17Cl2N5O3/c1-33-20-9-19-15(23(27)31(30-19)24(32)22-16(25)10-28-11-17(22)26)8-21(20)34-12-14-7-6-13-4-2-3-5-18(13)29-14/h2-11H,12,27H2,1H3. The first-order chi connectivity index (χ1) is 16.5. The number of aromatic nitrogens is 4. The van der Waals surface area contributed by atoms with Gasteiger partial charge in [-0.1, -0.05) is 47.5 Å². The number of benzene rings is 2. The van der Waals surface area contributed by atoms with Crippen molar-refractivity contribution in [2.75, 3.05) is 12.8 Å². The molecule has 10 heteroatoms. The smallest absolute Gasteiger partial charge is 0.283 e. The molecule has 0 unspecified atom stereocenters. The zero-order chi connectivity index (χ0) is 23.8. The highest BCUT2D eigenvalue weighted by Crippen LogP contribution is 2.36. The number of hydrogen-bond donors (Lipinski definition) is 1. The monoisotopic (exact) mass is 493 g/mol. The predicted octanol–water partition coefficient (Wildman–Crippen LogP) is 5.14. The molecule has 170 valence electrons. The quantitative estimate of drug-likeness (QED) is 0.361. The van der Waals surface area contributed by atoms with Crippen LogP contribution in [0.25, 0.3) is 21.8 Å². The van der Waals surface area contributed by atoms with Crippen molar-refractivity contribution in [2.45, 2.75) is 6.61 Å². The Balaban J connectivity index is 1.49. The van der Waals surface area contributed by atoms with Crippen molar-refractivity contribution in [2.24, 2.45) is 0 Å². The summed E-state index contributed by atoms with van der Waals surface area (Å²) >= 11 is 12.3. The van der Waals surface area contributed by atoms with Gasteiger partial charge in [-0.2, -0.15) is 9.78 Å². The summed E-state index contributed by atoms with van der Waals surface area (Å²) in [4.78, 5) is 21.6. The van der Waals surface area contributed by atoms with E-state index in [0.717, 1.165) is 21.3 Å². The second-order valence-corrected chi connectivity index (χ2v) is 8.20. The molecule has 0 aliphatic heterocycles.